The number of hydrogen-bond donors (Lipinski definition) is 2. The van der Waals surface area contributed by atoms with Gasteiger partial charge < -0.3 is 10.8 Å². The fourth-order valence-electron chi connectivity index (χ4n) is 1.92. The van der Waals surface area contributed by atoms with Gasteiger partial charge in [0.25, 0.3) is 0 Å². The number of nitrogens with zero attached hydrogens (tertiary/aromatic N) is 1. The first kappa shape index (κ1) is 13.6. The highest BCUT2D eigenvalue weighted by atomic mass is 32.2. The highest BCUT2D eigenvalue weighted by Gasteiger charge is 2.32. The van der Waals surface area contributed by atoms with Crippen molar-refractivity contribution < 1.29 is 14.1 Å². The monoisotopic (exact) mass is 248 g/mol. The molecule has 0 amide bonds. The lowest BCUT2D eigenvalue weighted by Crippen LogP contribution is -2.52. The molecule has 16 heavy (non-hydrogen) atoms. The Morgan fingerprint density at radius 2 is 2.06 bits per heavy atom. The van der Waals surface area contributed by atoms with Gasteiger partial charge in [0, 0.05) is 41.4 Å². The van der Waals surface area contributed by atoms with E-state index in [0.29, 0.717) is 17.9 Å². The number of carboxylic acid groups (broad SMARTS) is 1. The molecule has 0 saturated carbocycles. The van der Waals surface area contributed by atoms with Gasteiger partial charge in [0.05, 0.1) is 0 Å². The molecule has 0 aromatic heterocycles. The van der Waals surface area contributed by atoms with Crippen molar-refractivity contribution in [2.75, 3.05) is 24.6 Å². The second-order valence-electron chi connectivity index (χ2n) is 4.66. The average molecular weight is 248 g/mol. The van der Waals surface area contributed by atoms with E-state index in [9.17, 15) is 9.00 Å². The summed E-state index contributed by atoms with van der Waals surface area (Å²) in [5.74, 6) is 0.386. The zero-order valence-corrected chi connectivity index (χ0v) is 10.6. The summed E-state index contributed by atoms with van der Waals surface area (Å²) in [5, 5.41) is 8.94. The third-order valence-electron chi connectivity index (χ3n) is 3.04. The predicted molar refractivity (Wildman–Crippen MR) is 63.8 cm³/mol. The van der Waals surface area contributed by atoms with Crippen LogP contribution in [-0.4, -0.2) is 56.4 Å². The van der Waals surface area contributed by atoms with E-state index in [1.165, 1.54) is 6.92 Å². The van der Waals surface area contributed by atoms with Crippen molar-refractivity contribution in [1.82, 2.24) is 4.90 Å². The molecule has 1 saturated heterocycles. The molecule has 0 spiro atoms. The molecular formula is C10H20N2O3S. The number of nitrogens with two attached hydrogens (primary N) is 1. The summed E-state index contributed by atoms with van der Waals surface area (Å²) in [4.78, 5) is 13.1. The van der Waals surface area contributed by atoms with Crippen molar-refractivity contribution in [3.05, 3.63) is 0 Å². The maximum absolute atomic E-state index is 11.2. The van der Waals surface area contributed by atoms with Crippen molar-refractivity contribution >= 4 is 16.8 Å². The van der Waals surface area contributed by atoms with Gasteiger partial charge in [-0.25, -0.2) is 0 Å². The topological polar surface area (TPSA) is 83.6 Å². The number of rotatable bonds is 4. The zero-order valence-electron chi connectivity index (χ0n) is 9.81. The molecule has 5 nitrogen and oxygen atoms in total. The van der Waals surface area contributed by atoms with E-state index in [4.69, 9.17) is 10.8 Å². The molecule has 1 aliphatic rings. The molecule has 1 fully saturated rings. The highest BCUT2D eigenvalue weighted by molar-refractivity contribution is 7.85. The normalized spacial score (nSPS) is 24.9. The number of carboxylic acids is 1. The summed E-state index contributed by atoms with van der Waals surface area (Å²) in [6, 6.07) is 0.114. The largest absolute Gasteiger partial charge is 0.480 e. The minimum atomic E-state index is -1.18. The van der Waals surface area contributed by atoms with Gasteiger partial charge in [-0.1, -0.05) is 0 Å². The lowest BCUT2D eigenvalue weighted by Gasteiger charge is -2.35. The Balaban J connectivity index is 2.49. The van der Waals surface area contributed by atoms with Gasteiger partial charge in [0.2, 0.25) is 0 Å². The third kappa shape index (κ3) is 3.54. The standard InChI is InChI=1S/C10H20N2O3S/c1-8(7-10(2,11)9(13)14)12-3-5-16(15)6-4-12/h8H,3-7,11H2,1-2H3,(H,13,14). The molecule has 6 heteroatoms. The first-order valence-electron chi connectivity index (χ1n) is 5.44. The van der Waals surface area contributed by atoms with Gasteiger partial charge in [-0.3, -0.25) is 13.9 Å². The second-order valence-corrected chi connectivity index (χ2v) is 6.36. The Hall–Kier alpha value is -0.460. The second kappa shape index (κ2) is 5.25. The summed E-state index contributed by atoms with van der Waals surface area (Å²) in [7, 11) is -0.699. The van der Waals surface area contributed by atoms with Crippen molar-refractivity contribution in [3.63, 3.8) is 0 Å². The fraction of sp³-hybridized carbons (Fsp3) is 0.900. The number of hydrogen-bond acceptors (Lipinski definition) is 4. The molecule has 94 valence electrons. The van der Waals surface area contributed by atoms with E-state index in [2.05, 4.69) is 4.90 Å². The van der Waals surface area contributed by atoms with E-state index in [1.807, 2.05) is 6.92 Å². The quantitative estimate of drug-likeness (QED) is 0.709. The minimum absolute atomic E-state index is 0.114. The van der Waals surface area contributed by atoms with E-state index in [-0.39, 0.29) is 6.04 Å². The van der Waals surface area contributed by atoms with Crippen LogP contribution in [0.2, 0.25) is 0 Å². The molecule has 2 atom stereocenters. The summed E-state index contributed by atoms with van der Waals surface area (Å²) in [6.07, 6.45) is 0.412. The van der Waals surface area contributed by atoms with Crippen LogP contribution in [0.1, 0.15) is 20.3 Å². The molecule has 3 N–H and O–H groups in total. The zero-order chi connectivity index (χ0) is 12.3. The third-order valence-corrected chi connectivity index (χ3v) is 4.32. The molecule has 0 bridgehead atoms. The molecule has 0 radical (unpaired) electrons. The van der Waals surface area contributed by atoms with Crippen LogP contribution in [0.15, 0.2) is 0 Å². The molecule has 2 unspecified atom stereocenters. The molecule has 1 aliphatic heterocycles. The van der Waals surface area contributed by atoms with Crippen LogP contribution in [0.25, 0.3) is 0 Å². The van der Waals surface area contributed by atoms with E-state index >= 15 is 0 Å². The summed E-state index contributed by atoms with van der Waals surface area (Å²) in [6.45, 7) is 5.04. The van der Waals surface area contributed by atoms with Crippen LogP contribution in [-0.2, 0) is 15.6 Å². The summed E-state index contributed by atoms with van der Waals surface area (Å²) in [5.41, 5.74) is 4.52. The highest BCUT2D eigenvalue weighted by Crippen LogP contribution is 2.15. The fourth-order valence-corrected chi connectivity index (χ4v) is 3.00. The van der Waals surface area contributed by atoms with Crippen molar-refractivity contribution in [2.24, 2.45) is 5.73 Å². The van der Waals surface area contributed by atoms with Crippen molar-refractivity contribution in [2.45, 2.75) is 31.8 Å². The van der Waals surface area contributed by atoms with Gasteiger partial charge in [-0.15, -0.1) is 0 Å². The first-order valence-corrected chi connectivity index (χ1v) is 6.93. The Bertz CT molecular complexity index is 284. The molecule has 1 heterocycles. The smallest absolute Gasteiger partial charge is 0.323 e. The van der Waals surface area contributed by atoms with Crippen LogP contribution in [0, 0.1) is 0 Å². The summed E-state index contributed by atoms with van der Waals surface area (Å²) >= 11 is 0. The maximum atomic E-state index is 11.2. The van der Waals surface area contributed by atoms with Crippen LogP contribution < -0.4 is 5.73 Å². The van der Waals surface area contributed by atoms with Gasteiger partial charge in [-0.2, -0.15) is 0 Å². The van der Waals surface area contributed by atoms with Gasteiger partial charge in [0.15, 0.2) is 0 Å². The SMILES string of the molecule is CC(CC(C)(N)C(=O)O)N1CCS(=O)CC1. The number of carbonyl (C=O) groups is 1. The average Bonchev–Trinajstić information content (AvgIpc) is 2.17. The first-order chi connectivity index (χ1) is 7.33. The Morgan fingerprint density at radius 1 is 1.56 bits per heavy atom. The van der Waals surface area contributed by atoms with E-state index < -0.39 is 22.3 Å². The molecule has 0 aromatic carbocycles. The molecule has 1 rings (SSSR count). The van der Waals surface area contributed by atoms with E-state index in [0.717, 1.165) is 13.1 Å². The lowest BCUT2D eigenvalue weighted by atomic mass is 9.94. The van der Waals surface area contributed by atoms with Crippen molar-refractivity contribution in [1.29, 1.82) is 0 Å². The number of aliphatic carboxylic acids is 1. The maximum Gasteiger partial charge on any atom is 0.323 e. The predicted octanol–water partition coefficient (Wildman–Crippen LogP) is -0.369. The van der Waals surface area contributed by atoms with Crippen LogP contribution >= 0.6 is 0 Å². The summed E-state index contributed by atoms with van der Waals surface area (Å²) < 4.78 is 11.2. The van der Waals surface area contributed by atoms with Crippen LogP contribution in [0.4, 0.5) is 0 Å². The lowest BCUT2D eigenvalue weighted by molar-refractivity contribution is -0.143. The van der Waals surface area contributed by atoms with Gasteiger partial charge in [0.1, 0.15) is 5.54 Å². The van der Waals surface area contributed by atoms with Gasteiger partial charge in [-0.05, 0) is 20.3 Å². The van der Waals surface area contributed by atoms with E-state index in [1.54, 1.807) is 0 Å². The molecule has 0 aromatic rings. The van der Waals surface area contributed by atoms with Crippen molar-refractivity contribution in [3.8, 4) is 0 Å². The Labute approximate surface area is 98.4 Å². The van der Waals surface area contributed by atoms with Crippen LogP contribution in [0.3, 0.4) is 0 Å². The minimum Gasteiger partial charge on any atom is -0.480 e. The Morgan fingerprint density at radius 3 is 2.50 bits per heavy atom. The Kier molecular flexibility index (Phi) is 4.46. The van der Waals surface area contributed by atoms with Gasteiger partial charge >= 0.3 is 5.97 Å². The molecule has 0 aliphatic carbocycles. The van der Waals surface area contributed by atoms with Crippen LogP contribution in [0.5, 0.6) is 0 Å². The molecular weight excluding hydrogens is 228 g/mol.